The van der Waals surface area contributed by atoms with Gasteiger partial charge in [0.25, 0.3) is 5.69 Å². The van der Waals surface area contributed by atoms with E-state index in [9.17, 15) is 14.9 Å². The van der Waals surface area contributed by atoms with Gasteiger partial charge in [0, 0.05) is 31.6 Å². The highest BCUT2D eigenvalue weighted by Gasteiger charge is 2.34. The molecule has 2 fully saturated rings. The first-order valence-electron chi connectivity index (χ1n) is 8.88. The summed E-state index contributed by atoms with van der Waals surface area (Å²) in [6.07, 6.45) is 1.53. The van der Waals surface area contributed by atoms with Crippen LogP contribution in [0.3, 0.4) is 0 Å². The molecule has 0 bridgehead atoms. The molecule has 7 nitrogen and oxygen atoms in total. The van der Waals surface area contributed by atoms with E-state index in [1.165, 1.54) is 6.07 Å². The third-order valence-corrected chi connectivity index (χ3v) is 5.15. The largest absolute Gasteiger partial charge is 0.375 e. The number of carbonyl (C=O) groups excluding carboxylic acids is 1. The molecule has 0 saturated carbocycles. The molecule has 25 heavy (non-hydrogen) atoms. The van der Waals surface area contributed by atoms with Crippen molar-refractivity contribution in [1.82, 2.24) is 4.90 Å². The normalized spacial score (nSPS) is 25.0. The molecule has 0 N–H and O–H groups in total. The Morgan fingerprint density at radius 2 is 1.92 bits per heavy atom. The van der Waals surface area contributed by atoms with Crippen LogP contribution in [0.4, 0.5) is 11.4 Å². The molecule has 2 unspecified atom stereocenters. The SMILES string of the molecule is CC1CN(C(=O)C2CCN(c3ccccc3[N+](=O)[O-])CC2)C(C)CO1. The maximum absolute atomic E-state index is 12.9. The topological polar surface area (TPSA) is 75.9 Å². The number of carbonyl (C=O) groups is 1. The van der Waals surface area contributed by atoms with E-state index < -0.39 is 0 Å². The Labute approximate surface area is 147 Å². The minimum atomic E-state index is -0.344. The van der Waals surface area contributed by atoms with Crippen LogP contribution in [0.15, 0.2) is 24.3 Å². The van der Waals surface area contributed by atoms with Crippen molar-refractivity contribution < 1.29 is 14.5 Å². The Morgan fingerprint density at radius 3 is 2.60 bits per heavy atom. The molecular formula is C18H25N3O4. The molecule has 1 aromatic carbocycles. The summed E-state index contributed by atoms with van der Waals surface area (Å²) in [5.41, 5.74) is 0.773. The van der Waals surface area contributed by atoms with Gasteiger partial charge < -0.3 is 14.5 Å². The Bertz CT molecular complexity index is 643. The molecule has 0 radical (unpaired) electrons. The number of anilines is 1. The zero-order valence-corrected chi connectivity index (χ0v) is 14.8. The fourth-order valence-corrected chi connectivity index (χ4v) is 3.70. The van der Waals surface area contributed by atoms with Crippen LogP contribution in [0.2, 0.25) is 0 Å². The van der Waals surface area contributed by atoms with Crippen molar-refractivity contribution in [2.45, 2.75) is 38.8 Å². The number of rotatable bonds is 3. The number of morpholine rings is 1. The second-order valence-electron chi connectivity index (χ2n) is 6.99. The molecule has 2 saturated heterocycles. The molecule has 1 amide bonds. The van der Waals surface area contributed by atoms with E-state index in [2.05, 4.69) is 0 Å². The van der Waals surface area contributed by atoms with Crippen LogP contribution in [0.25, 0.3) is 0 Å². The number of ether oxygens (including phenoxy) is 1. The van der Waals surface area contributed by atoms with E-state index in [0.717, 1.165) is 12.8 Å². The highest BCUT2D eigenvalue weighted by atomic mass is 16.6. The van der Waals surface area contributed by atoms with Crippen molar-refractivity contribution in [3.8, 4) is 0 Å². The van der Waals surface area contributed by atoms with Crippen molar-refractivity contribution in [1.29, 1.82) is 0 Å². The fraction of sp³-hybridized carbons (Fsp3) is 0.611. The fourth-order valence-electron chi connectivity index (χ4n) is 3.70. The predicted molar refractivity (Wildman–Crippen MR) is 94.6 cm³/mol. The average Bonchev–Trinajstić information content (AvgIpc) is 2.63. The van der Waals surface area contributed by atoms with Crippen LogP contribution in [0.1, 0.15) is 26.7 Å². The second kappa shape index (κ2) is 7.39. The minimum Gasteiger partial charge on any atom is -0.375 e. The highest BCUT2D eigenvalue weighted by Crippen LogP contribution is 2.32. The number of amides is 1. The summed E-state index contributed by atoms with van der Waals surface area (Å²) < 4.78 is 5.60. The summed E-state index contributed by atoms with van der Waals surface area (Å²) in [6.45, 7) is 6.56. The third-order valence-electron chi connectivity index (χ3n) is 5.15. The quantitative estimate of drug-likeness (QED) is 0.620. The molecule has 2 aliphatic rings. The lowest BCUT2D eigenvalue weighted by atomic mass is 9.93. The van der Waals surface area contributed by atoms with Crippen LogP contribution >= 0.6 is 0 Å². The van der Waals surface area contributed by atoms with E-state index in [1.54, 1.807) is 12.1 Å². The lowest BCUT2D eigenvalue weighted by molar-refractivity contribution is -0.384. The van der Waals surface area contributed by atoms with Gasteiger partial charge in [-0.1, -0.05) is 12.1 Å². The first-order chi connectivity index (χ1) is 12.0. The molecule has 1 aromatic rings. The van der Waals surface area contributed by atoms with Crippen molar-refractivity contribution >= 4 is 17.3 Å². The summed E-state index contributed by atoms with van der Waals surface area (Å²) in [7, 11) is 0. The van der Waals surface area contributed by atoms with Gasteiger partial charge in [-0.3, -0.25) is 14.9 Å². The zero-order chi connectivity index (χ0) is 18.0. The van der Waals surface area contributed by atoms with Crippen LogP contribution in [-0.4, -0.2) is 54.1 Å². The molecule has 7 heteroatoms. The smallest absolute Gasteiger partial charge is 0.292 e. The van der Waals surface area contributed by atoms with Crippen molar-refractivity contribution in [2.75, 3.05) is 31.1 Å². The van der Waals surface area contributed by atoms with Crippen LogP contribution in [0.5, 0.6) is 0 Å². The third kappa shape index (κ3) is 3.76. The first kappa shape index (κ1) is 17.7. The van der Waals surface area contributed by atoms with Crippen LogP contribution < -0.4 is 4.90 Å². The Morgan fingerprint density at radius 1 is 1.24 bits per heavy atom. The number of para-hydroxylation sites is 2. The lowest BCUT2D eigenvalue weighted by Crippen LogP contribution is -2.53. The number of benzene rings is 1. The predicted octanol–water partition coefficient (Wildman–Crippen LogP) is 2.45. The summed E-state index contributed by atoms with van der Waals surface area (Å²) >= 11 is 0. The molecule has 2 atom stereocenters. The summed E-state index contributed by atoms with van der Waals surface area (Å²) in [5, 5.41) is 11.2. The maximum atomic E-state index is 12.9. The Balaban J connectivity index is 1.64. The molecule has 3 rings (SSSR count). The minimum absolute atomic E-state index is 0.00762. The van der Waals surface area contributed by atoms with Crippen molar-refractivity contribution in [3.63, 3.8) is 0 Å². The molecular weight excluding hydrogens is 322 g/mol. The Hall–Kier alpha value is -2.15. The van der Waals surface area contributed by atoms with Gasteiger partial charge in [-0.05, 0) is 32.8 Å². The van der Waals surface area contributed by atoms with Gasteiger partial charge in [0.15, 0.2) is 0 Å². The maximum Gasteiger partial charge on any atom is 0.292 e. The van der Waals surface area contributed by atoms with Gasteiger partial charge >= 0.3 is 0 Å². The van der Waals surface area contributed by atoms with Gasteiger partial charge in [0.05, 0.1) is 23.7 Å². The van der Waals surface area contributed by atoms with Gasteiger partial charge in [-0.25, -0.2) is 0 Å². The van der Waals surface area contributed by atoms with E-state index in [0.29, 0.717) is 31.9 Å². The lowest BCUT2D eigenvalue weighted by Gasteiger charge is -2.40. The van der Waals surface area contributed by atoms with E-state index in [-0.39, 0.29) is 34.6 Å². The average molecular weight is 347 g/mol. The van der Waals surface area contributed by atoms with E-state index in [1.807, 2.05) is 29.7 Å². The van der Waals surface area contributed by atoms with Gasteiger partial charge in [-0.2, -0.15) is 0 Å². The summed E-state index contributed by atoms with van der Waals surface area (Å²) in [6, 6.07) is 6.92. The zero-order valence-electron chi connectivity index (χ0n) is 14.8. The molecule has 0 aromatic heterocycles. The first-order valence-corrected chi connectivity index (χ1v) is 8.88. The number of nitro groups is 1. The second-order valence-corrected chi connectivity index (χ2v) is 6.99. The monoisotopic (exact) mass is 347 g/mol. The van der Waals surface area contributed by atoms with Gasteiger partial charge in [0.1, 0.15) is 5.69 Å². The standard InChI is InChI=1S/C18H25N3O4/c1-13-12-25-14(2)11-20(13)18(22)15-7-9-19(10-8-15)16-5-3-4-6-17(16)21(23)24/h3-6,13-15H,7-12H2,1-2H3. The van der Waals surface area contributed by atoms with Crippen LogP contribution in [0, 0.1) is 16.0 Å². The Kier molecular flexibility index (Phi) is 5.22. The summed E-state index contributed by atoms with van der Waals surface area (Å²) in [4.78, 5) is 27.7. The molecule has 0 spiro atoms. The number of hydrogen-bond acceptors (Lipinski definition) is 5. The van der Waals surface area contributed by atoms with Crippen LogP contribution in [-0.2, 0) is 9.53 Å². The number of piperidine rings is 1. The number of hydrogen-bond donors (Lipinski definition) is 0. The summed E-state index contributed by atoms with van der Waals surface area (Å²) in [5.74, 6) is 0.191. The van der Waals surface area contributed by atoms with Gasteiger partial charge in [0.2, 0.25) is 5.91 Å². The molecule has 2 aliphatic heterocycles. The van der Waals surface area contributed by atoms with E-state index >= 15 is 0 Å². The van der Waals surface area contributed by atoms with Crippen molar-refractivity contribution in [2.24, 2.45) is 5.92 Å². The molecule has 2 heterocycles. The van der Waals surface area contributed by atoms with Crippen molar-refractivity contribution in [3.05, 3.63) is 34.4 Å². The highest BCUT2D eigenvalue weighted by molar-refractivity contribution is 5.80. The van der Waals surface area contributed by atoms with Gasteiger partial charge in [-0.15, -0.1) is 0 Å². The molecule has 0 aliphatic carbocycles. The number of nitrogens with zero attached hydrogens (tertiary/aromatic N) is 3. The molecule has 136 valence electrons. The number of nitro benzene ring substituents is 1. The van der Waals surface area contributed by atoms with E-state index in [4.69, 9.17) is 4.74 Å².